The minimum Gasteiger partial charge on any atom is -0.309 e. The summed E-state index contributed by atoms with van der Waals surface area (Å²) < 4.78 is 0. The van der Waals surface area contributed by atoms with Crippen LogP contribution in [0.5, 0.6) is 0 Å². The third-order valence-corrected chi connectivity index (χ3v) is 4.79. The van der Waals surface area contributed by atoms with Crippen molar-refractivity contribution in [2.75, 3.05) is 11.9 Å². The third-order valence-electron chi connectivity index (χ3n) is 2.91. The normalized spacial score (nSPS) is 19.0. The maximum atomic E-state index is 12.0. The minimum absolute atomic E-state index is 0.0702. The molecule has 1 atom stereocenters. The summed E-state index contributed by atoms with van der Waals surface area (Å²) in [5, 5.41) is 8.73. The van der Waals surface area contributed by atoms with Gasteiger partial charge in [-0.2, -0.15) is 0 Å². The number of thiophene rings is 1. The van der Waals surface area contributed by atoms with Crippen LogP contribution in [0.4, 0.5) is 5.13 Å². The lowest BCUT2D eigenvalue weighted by molar-refractivity contribution is 0.103. The van der Waals surface area contributed by atoms with E-state index in [4.69, 9.17) is 0 Å². The number of hydrogen-bond acceptors (Lipinski definition) is 5. The lowest BCUT2D eigenvalue weighted by Crippen LogP contribution is -2.11. The highest BCUT2D eigenvalue weighted by molar-refractivity contribution is 7.15. The molecule has 1 aliphatic heterocycles. The number of aromatic nitrogens is 1. The molecule has 4 nitrogen and oxygen atoms in total. The Morgan fingerprint density at radius 2 is 2.44 bits per heavy atom. The maximum absolute atomic E-state index is 12.0. The number of rotatable bonds is 3. The van der Waals surface area contributed by atoms with Crippen molar-refractivity contribution >= 4 is 33.7 Å². The third kappa shape index (κ3) is 2.45. The second-order valence-corrected chi connectivity index (χ2v) is 6.15. The first-order valence-corrected chi connectivity index (χ1v) is 7.56. The molecule has 1 aliphatic rings. The molecular formula is C12H13N3OS2. The number of anilines is 1. The Hall–Kier alpha value is -1.24. The highest BCUT2D eigenvalue weighted by atomic mass is 32.1. The van der Waals surface area contributed by atoms with E-state index < -0.39 is 0 Å². The summed E-state index contributed by atoms with van der Waals surface area (Å²) in [6.07, 6.45) is 4.06. The van der Waals surface area contributed by atoms with Gasteiger partial charge in [0.05, 0.1) is 4.88 Å². The summed E-state index contributed by atoms with van der Waals surface area (Å²) >= 11 is 2.99. The van der Waals surface area contributed by atoms with Crippen LogP contribution in [0, 0.1) is 0 Å². The van der Waals surface area contributed by atoms with E-state index in [-0.39, 0.29) is 5.91 Å². The summed E-state index contributed by atoms with van der Waals surface area (Å²) in [6, 6.07) is 4.37. The molecule has 0 aromatic carbocycles. The van der Waals surface area contributed by atoms with Gasteiger partial charge in [0, 0.05) is 22.5 Å². The fourth-order valence-electron chi connectivity index (χ4n) is 2.03. The summed E-state index contributed by atoms with van der Waals surface area (Å²) in [5.74, 6) is -0.0702. The number of carbonyl (C=O) groups is 1. The number of amides is 1. The molecule has 1 saturated heterocycles. The van der Waals surface area contributed by atoms with Gasteiger partial charge < -0.3 is 5.32 Å². The molecule has 94 valence electrons. The molecule has 1 fully saturated rings. The molecule has 6 heteroatoms. The lowest BCUT2D eigenvalue weighted by Gasteiger charge is -2.05. The molecule has 0 aliphatic carbocycles. The molecule has 0 radical (unpaired) electrons. The quantitative estimate of drug-likeness (QED) is 0.908. The van der Waals surface area contributed by atoms with E-state index in [9.17, 15) is 4.79 Å². The molecule has 0 bridgehead atoms. The fourth-order valence-corrected chi connectivity index (χ4v) is 3.57. The molecule has 2 aromatic rings. The predicted molar refractivity (Wildman–Crippen MR) is 74.4 cm³/mol. The van der Waals surface area contributed by atoms with Gasteiger partial charge in [0.1, 0.15) is 0 Å². The number of nitrogens with one attached hydrogen (secondary N) is 2. The first kappa shape index (κ1) is 11.8. The van der Waals surface area contributed by atoms with Gasteiger partial charge in [-0.1, -0.05) is 0 Å². The van der Waals surface area contributed by atoms with Crippen LogP contribution in [0.2, 0.25) is 0 Å². The van der Waals surface area contributed by atoms with Gasteiger partial charge in [-0.3, -0.25) is 10.1 Å². The Morgan fingerprint density at radius 1 is 1.50 bits per heavy atom. The van der Waals surface area contributed by atoms with Crippen LogP contribution in [0.1, 0.15) is 33.4 Å². The first-order valence-electron chi connectivity index (χ1n) is 5.87. The Bertz CT molecular complexity index is 529. The van der Waals surface area contributed by atoms with E-state index in [1.54, 1.807) is 17.5 Å². The predicted octanol–water partition coefficient (Wildman–Crippen LogP) is 2.88. The summed E-state index contributed by atoms with van der Waals surface area (Å²) in [4.78, 5) is 18.0. The number of carbonyl (C=O) groups excluding carboxylic acids is 1. The van der Waals surface area contributed by atoms with Crippen molar-refractivity contribution in [1.82, 2.24) is 10.3 Å². The zero-order valence-corrected chi connectivity index (χ0v) is 11.3. The van der Waals surface area contributed by atoms with Crippen molar-refractivity contribution in [2.24, 2.45) is 0 Å². The molecule has 0 saturated carbocycles. The SMILES string of the molecule is O=C(Nc1nccs1)c1ccc([C@@H]2CCCN2)s1. The van der Waals surface area contributed by atoms with Gasteiger partial charge in [-0.05, 0) is 31.5 Å². The maximum Gasteiger partial charge on any atom is 0.267 e. The molecule has 2 N–H and O–H groups in total. The zero-order valence-electron chi connectivity index (χ0n) is 9.68. The van der Waals surface area contributed by atoms with Crippen LogP contribution in [0.3, 0.4) is 0 Å². The number of hydrogen-bond donors (Lipinski definition) is 2. The van der Waals surface area contributed by atoms with Crippen molar-refractivity contribution in [3.05, 3.63) is 33.5 Å². The Labute approximate surface area is 113 Å². The molecule has 0 spiro atoms. The molecule has 0 unspecified atom stereocenters. The van der Waals surface area contributed by atoms with Crippen molar-refractivity contribution in [3.8, 4) is 0 Å². The molecular weight excluding hydrogens is 266 g/mol. The molecule has 3 heterocycles. The second kappa shape index (κ2) is 5.17. The average molecular weight is 279 g/mol. The van der Waals surface area contributed by atoms with E-state index in [0.29, 0.717) is 11.2 Å². The van der Waals surface area contributed by atoms with Gasteiger partial charge in [0.15, 0.2) is 5.13 Å². The van der Waals surface area contributed by atoms with Gasteiger partial charge in [0.25, 0.3) is 5.91 Å². The van der Waals surface area contributed by atoms with Crippen LogP contribution in [-0.4, -0.2) is 17.4 Å². The van der Waals surface area contributed by atoms with E-state index in [0.717, 1.165) is 17.8 Å². The van der Waals surface area contributed by atoms with Crippen LogP contribution in [-0.2, 0) is 0 Å². The van der Waals surface area contributed by atoms with Crippen LogP contribution in [0.15, 0.2) is 23.7 Å². The molecule has 1 amide bonds. The lowest BCUT2D eigenvalue weighted by atomic mass is 10.2. The van der Waals surface area contributed by atoms with Crippen molar-refractivity contribution in [3.63, 3.8) is 0 Å². The fraction of sp³-hybridized carbons (Fsp3) is 0.333. The van der Waals surface area contributed by atoms with Gasteiger partial charge in [-0.15, -0.1) is 22.7 Å². The largest absolute Gasteiger partial charge is 0.309 e. The van der Waals surface area contributed by atoms with Crippen LogP contribution in [0.25, 0.3) is 0 Å². The Morgan fingerprint density at radius 3 is 3.17 bits per heavy atom. The van der Waals surface area contributed by atoms with Gasteiger partial charge in [0.2, 0.25) is 0 Å². The van der Waals surface area contributed by atoms with Crippen molar-refractivity contribution in [2.45, 2.75) is 18.9 Å². The van der Waals surface area contributed by atoms with Crippen molar-refractivity contribution < 1.29 is 4.79 Å². The Kier molecular flexibility index (Phi) is 3.40. The van der Waals surface area contributed by atoms with Crippen molar-refractivity contribution in [1.29, 1.82) is 0 Å². The summed E-state index contributed by atoms with van der Waals surface area (Å²) in [5.41, 5.74) is 0. The molecule has 18 heavy (non-hydrogen) atoms. The second-order valence-electron chi connectivity index (χ2n) is 4.14. The smallest absolute Gasteiger partial charge is 0.267 e. The average Bonchev–Trinajstić information content (AvgIpc) is 3.11. The molecule has 3 rings (SSSR count). The number of nitrogens with zero attached hydrogens (tertiary/aromatic N) is 1. The monoisotopic (exact) mass is 279 g/mol. The topological polar surface area (TPSA) is 54.0 Å². The van der Waals surface area contributed by atoms with Crippen LogP contribution < -0.4 is 10.6 Å². The highest BCUT2D eigenvalue weighted by Crippen LogP contribution is 2.29. The van der Waals surface area contributed by atoms with E-state index >= 15 is 0 Å². The highest BCUT2D eigenvalue weighted by Gasteiger charge is 2.19. The standard InChI is InChI=1S/C12H13N3OS2/c16-11(15-12-14-6-7-17-12)10-4-3-9(18-10)8-2-1-5-13-8/h3-4,6-8,13H,1-2,5H2,(H,14,15,16)/t8-/m0/s1. The van der Waals surface area contributed by atoms with Gasteiger partial charge >= 0.3 is 0 Å². The summed E-state index contributed by atoms with van der Waals surface area (Å²) in [6.45, 7) is 1.07. The van der Waals surface area contributed by atoms with Crippen LogP contribution >= 0.6 is 22.7 Å². The van der Waals surface area contributed by atoms with Gasteiger partial charge in [-0.25, -0.2) is 4.98 Å². The van der Waals surface area contributed by atoms with E-state index in [2.05, 4.69) is 15.6 Å². The zero-order chi connectivity index (χ0) is 12.4. The minimum atomic E-state index is -0.0702. The molecule has 2 aromatic heterocycles. The van der Waals surface area contributed by atoms with E-state index in [1.165, 1.54) is 22.6 Å². The Balaban J connectivity index is 1.70. The number of thiazole rings is 1. The first-order chi connectivity index (χ1) is 8.83. The van der Waals surface area contributed by atoms with E-state index in [1.807, 2.05) is 17.5 Å². The summed E-state index contributed by atoms with van der Waals surface area (Å²) in [7, 11) is 0.